The number of nitrogens with zero attached hydrogens (tertiary/aromatic N) is 1. The predicted octanol–water partition coefficient (Wildman–Crippen LogP) is 3.75. The first kappa shape index (κ1) is 19.7. The zero-order valence-corrected chi connectivity index (χ0v) is 16.8. The summed E-state index contributed by atoms with van der Waals surface area (Å²) < 4.78 is 0. The van der Waals surface area contributed by atoms with E-state index >= 15 is 0 Å². The summed E-state index contributed by atoms with van der Waals surface area (Å²) in [6.45, 7) is 3.52. The van der Waals surface area contributed by atoms with E-state index in [1.807, 2.05) is 24.3 Å². The fourth-order valence-electron chi connectivity index (χ4n) is 3.75. The highest BCUT2D eigenvalue weighted by molar-refractivity contribution is 7.80. The first-order chi connectivity index (χ1) is 12.8. The fourth-order valence-corrected chi connectivity index (χ4v) is 3.97. The van der Waals surface area contributed by atoms with Gasteiger partial charge in [-0.2, -0.15) is 0 Å². The summed E-state index contributed by atoms with van der Waals surface area (Å²) in [5, 5.41) is 12.4. The molecule has 0 aliphatic heterocycles. The first-order valence-electron chi connectivity index (χ1n) is 9.37. The van der Waals surface area contributed by atoms with E-state index in [-0.39, 0.29) is 0 Å². The molecule has 0 bridgehead atoms. The zero-order valence-electron chi connectivity index (χ0n) is 15.9. The van der Waals surface area contributed by atoms with Gasteiger partial charge in [-0.05, 0) is 81.2 Å². The summed E-state index contributed by atoms with van der Waals surface area (Å²) in [5.74, 6) is 0. The van der Waals surface area contributed by atoms with Crippen LogP contribution in [0.4, 0.5) is 10.5 Å². The molecular formula is C21H27N3O2S. The number of carbonyl (C=O) groups excluding carboxylic acids is 1. The molecule has 2 aliphatic carbocycles. The number of primary amides is 1. The molecule has 4 rings (SSSR count). The van der Waals surface area contributed by atoms with E-state index in [0.717, 1.165) is 54.7 Å². The van der Waals surface area contributed by atoms with E-state index in [9.17, 15) is 9.90 Å². The van der Waals surface area contributed by atoms with Gasteiger partial charge in [-0.15, -0.1) is 12.6 Å². The Hall–Kier alpha value is -2.05. The largest absolute Gasteiger partial charge is 0.386 e. The Morgan fingerprint density at radius 2 is 1.74 bits per heavy atom. The van der Waals surface area contributed by atoms with Crippen molar-refractivity contribution in [3.63, 3.8) is 0 Å². The number of carbonyl (C=O) groups is 1. The number of hydrogen-bond acceptors (Lipinski definition) is 4. The number of anilines is 1. The van der Waals surface area contributed by atoms with Gasteiger partial charge >= 0.3 is 6.03 Å². The molecule has 0 saturated heterocycles. The van der Waals surface area contributed by atoms with Crippen molar-refractivity contribution in [2.45, 2.75) is 62.9 Å². The fraction of sp³-hybridized carbons (Fsp3) is 0.429. The van der Waals surface area contributed by atoms with E-state index in [1.54, 1.807) is 13.8 Å². The van der Waals surface area contributed by atoms with Crippen LogP contribution in [0.2, 0.25) is 0 Å². The second-order valence-corrected chi connectivity index (χ2v) is 8.16. The molecule has 0 unspecified atom stereocenters. The lowest BCUT2D eigenvalue weighted by Crippen LogP contribution is -2.21. The monoisotopic (exact) mass is 385 g/mol. The van der Waals surface area contributed by atoms with Gasteiger partial charge in [0.2, 0.25) is 0 Å². The maximum absolute atomic E-state index is 11.1. The van der Waals surface area contributed by atoms with Crippen LogP contribution in [-0.4, -0.2) is 16.1 Å². The number of pyridine rings is 1. The third-order valence-corrected chi connectivity index (χ3v) is 5.33. The summed E-state index contributed by atoms with van der Waals surface area (Å²) in [6.07, 6.45) is 6.39. The van der Waals surface area contributed by atoms with E-state index in [0.29, 0.717) is 0 Å². The molecule has 0 fully saturated rings. The predicted molar refractivity (Wildman–Crippen MR) is 110 cm³/mol. The van der Waals surface area contributed by atoms with Crippen molar-refractivity contribution in [2.24, 2.45) is 5.73 Å². The number of aryl methyl sites for hydroxylation is 2. The second kappa shape index (κ2) is 7.90. The number of thiol groups is 1. The third kappa shape index (κ3) is 4.62. The number of nitrogens with two attached hydrogens (primary N) is 1. The molecule has 1 aromatic carbocycles. The first-order valence-corrected chi connectivity index (χ1v) is 9.82. The van der Waals surface area contributed by atoms with Crippen LogP contribution < -0.4 is 11.1 Å². The Balaban J connectivity index is 0.000000168. The van der Waals surface area contributed by atoms with Crippen LogP contribution in [0.25, 0.3) is 0 Å². The van der Waals surface area contributed by atoms with E-state index < -0.39 is 11.6 Å². The van der Waals surface area contributed by atoms with Gasteiger partial charge in [-0.3, -0.25) is 4.98 Å². The molecule has 6 heteroatoms. The van der Waals surface area contributed by atoms with Gasteiger partial charge in [0.05, 0.1) is 11.3 Å². The number of urea groups is 1. The van der Waals surface area contributed by atoms with Gasteiger partial charge in [-0.25, -0.2) is 4.79 Å². The molecule has 2 amide bonds. The lowest BCUT2D eigenvalue weighted by Gasteiger charge is -2.17. The van der Waals surface area contributed by atoms with Crippen molar-refractivity contribution in [3.8, 4) is 0 Å². The summed E-state index contributed by atoms with van der Waals surface area (Å²) in [6, 6.07) is 7.06. The average Bonchev–Trinajstić information content (AvgIpc) is 3.23. The average molecular weight is 386 g/mol. The molecular weight excluding hydrogens is 358 g/mol. The van der Waals surface area contributed by atoms with Crippen molar-refractivity contribution < 1.29 is 9.90 Å². The van der Waals surface area contributed by atoms with Crippen LogP contribution in [0.3, 0.4) is 0 Å². The molecule has 0 radical (unpaired) electrons. The summed E-state index contributed by atoms with van der Waals surface area (Å²) in [5.41, 5.74) is 11.1. The number of benzene rings is 1. The van der Waals surface area contributed by atoms with E-state index in [4.69, 9.17) is 10.7 Å². The maximum atomic E-state index is 11.1. The van der Waals surface area contributed by atoms with Crippen LogP contribution in [0, 0.1) is 0 Å². The maximum Gasteiger partial charge on any atom is 0.316 e. The minimum Gasteiger partial charge on any atom is -0.386 e. The van der Waals surface area contributed by atoms with Crippen LogP contribution in [0.15, 0.2) is 29.2 Å². The normalized spacial score (nSPS) is 14.8. The molecule has 2 aromatic rings. The Morgan fingerprint density at radius 1 is 1.15 bits per heavy atom. The molecule has 0 atom stereocenters. The van der Waals surface area contributed by atoms with Crippen LogP contribution in [-0.2, 0) is 31.3 Å². The SMILES string of the molecule is CC(C)(O)c1cccc(S)c1.NC(=O)Nc1c2c(nc3c1CCC3)CCC2. The van der Waals surface area contributed by atoms with Gasteiger partial charge in [0.25, 0.3) is 0 Å². The summed E-state index contributed by atoms with van der Waals surface area (Å²) in [7, 11) is 0. The number of rotatable bonds is 2. The van der Waals surface area contributed by atoms with E-state index in [2.05, 4.69) is 17.9 Å². The smallest absolute Gasteiger partial charge is 0.316 e. The van der Waals surface area contributed by atoms with Crippen LogP contribution in [0.1, 0.15) is 54.8 Å². The minimum atomic E-state index is -0.765. The second-order valence-electron chi connectivity index (χ2n) is 7.64. The molecule has 0 spiro atoms. The van der Waals surface area contributed by atoms with Crippen molar-refractivity contribution in [2.75, 3.05) is 5.32 Å². The van der Waals surface area contributed by atoms with Gasteiger partial charge in [0.15, 0.2) is 0 Å². The zero-order chi connectivity index (χ0) is 19.6. The van der Waals surface area contributed by atoms with E-state index in [1.165, 1.54) is 22.5 Å². The molecule has 27 heavy (non-hydrogen) atoms. The lowest BCUT2D eigenvalue weighted by atomic mass is 9.99. The third-order valence-electron chi connectivity index (χ3n) is 5.05. The molecule has 4 N–H and O–H groups in total. The summed E-state index contributed by atoms with van der Waals surface area (Å²) >= 11 is 4.17. The lowest BCUT2D eigenvalue weighted by molar-refractivity contribution is 0.0784. The molecule has 2 aliphatic rings. The van der Waals surface area contributed by atoms with Gasteiger partial charge < -0.3 is 16.2 Å². The number of amides is 2. The molecule has 1 aromatic heterocycles. The van der Waals surface area contributed by atoms with Gasteiger partial charge in [0.1, 0.15) is 0 Å². The molecule has 1 heterocycles. The van der Waals surface area contributed by atoms with Crippen molar-refractivity contribution in [1.29, 1.82) is 0 Å². The standard InChI is InChI=1S/C12H15N3O.C9H12OS/c13-12(16)15-11-7-3-1-5-9(7)14-10-6-2-4-8(10)11;1-9(2,10)7-4-3-5-8(11)6-7/h1-6H2,(H3,13,14,15,16);3-6,10-11H,1-2H3. The summed E-state index contributed by atoms with van der Waals surface area (Å²) in [4.78, 5) is 16.6. The number of aliphatic hydroxyl groups is 1. The van der Waals surface area contributed by atoms with Crippen molar-refractivity contribution in [3.05, 3.63) is 52.3 Å². The minimum absolute atomic E-state index is 0.464. The number of fused-ring (bicyclic) bond motifs is 2. The Kier molecular flexibility index (Phi) is 5.77. The molecule has 5 nitrogen and oxygen atoms in total. The van der Waals surface area contributed by atoms with Crippen molar-refractivity contribution >= 4 is 24.3 Å². The highest BCUT2D eigenvalue weighted by Gasteiger charge is 2.25. The van der Waals surface area contributed by atoms with Crippen molar-refractivity contribution in [1.82, 2.24) is 4.98 Å². The van der Waals surface area contributed by atoms with Crippen LogP contribution in [0.5, 0.6) is 0 Å². The quantitative estimate of drug-likeness (QED) is 0.594. The molecule has 144 valence electrons. The highest BCUT2D eigenvalue weighted by atomic mass is 32.1. The Labute approximate surface area is 165 Å². The Morgan fingerprint density at radius 3 is 2.19 bits per heavy atom. The Bertz CT molecular complexity index is 827. The topological polar surface area (TPSA) is 88.2 Å². The number of nitrogens with one attached hydrogen (secondary N) is 1. The highest BCUT2D eigenvalue weighted by Crippen LogP contribution is 2.36. The molecule has 0 saturated carbocycles. The number of hydrogen-bond donors (Lipinski definition) is 4. The van der Waals surface area contributed by atoms with Crippen LogP contribution >= 0.6 is 12.6 Å². The van der Waals surface area contributed by atoms with Gasteiger partial charge in [0, 0.05) is 16.3 Å². The number of aromatic nitrogens is 1. The van der Waals surface area contributed by atoms with Gasteiger partial charge in [-0.1, -0.05) is 12.1 Å².